The number of rotatable bonds is 5. The Morgan fingerprint density at radius 1 is 1.03 bits per heavy atom. The third-order valence-corrected chi connectivity index (χ3v) is 5.89. The summed E-state index contributed by atoms with van der Waals surface area (Å²) in [7, 11) is 0. The molecule has 3 aromatic rings. The van der Waals surface area contributed by atoms with Crippen molar-refractivity contribution in [3.8, 4) is 11.1 Å². The smallest absolute Gasteiger partial charge is 0.409 e. The van der Waals surface area contributed by atoms with Crippen LogP contribution in [0.5, 0.6) is 0 Å². The van der Waals surface area contributed by atoms with Gasteiger partial charge in [0.05, 0.1) is 5.92 Å². The quantitative estimate of drug-likeness (QED) is 0.707. The monoisotopic (exact) mass is 403 g/mol. The number of hydrogen-bond donors (Lipinski definition) is 1. The number of hydrogen-bond acceptors (Lipinski definition) is 4. The van der Waals surface area contributed by atoms with Gasteiger partial charge in [0.1, 0.15) is 19.0 Å². The van der Waals surface area contributed by atoms with E-state index in [0.717, 1.165) is 0 Å². The van der Waals surface area contributed by atoms with Gasteiger partial charge in [0.2, 0.25) is 0 Å². The van der Waals surface area contributed by atoms with Crippen LogP contribution in [0.2, 0.25) is 0 Å². The highest BCUT2D eigenvalue weighted by Gasteiger charge is 2.36. The third-order valence-electron chi connectivity index (χ3n) is 5.89. The van der Waals surface area contributed by atoms with Crippen LogP contribution in [-0.2, 0) is 16.1 Å². The maximum Gasteiger partial charge on any atom is 0.409 e. The second kappa shape index (κ2) is 7.33. The number of carbonyl (C=O) groups excluding carboxylic acids is 1. The van der Waals surface area contributed by atoms with Crippen molar-refractivity contribution in [2.24, 2.45) is 0 Å². The van der Waals surface area contributed by atoms with Gasteiger partial charge < -0.3 is 19.3 Å². The first-order valence-electron chi connectivity index (χ1n) is 9.94. The highest BCUT2D eigenvalue weighted by Crippen LogP contribution is 2.44. The molecule has 1 fully saturated rings. The molecule has 152 valence electrons. The third kappa shape index (κ3) is 3.12. The Morgan fingerprint density at radius 2 is 1.67 bits per heavy atom. The summed E-state index contributed by atoms with van der Waals surface area (Å²) in [6, 6.07) is 16.5. The molecule has 0 spiro atoms. The molecule has 7 nitrogen and oxygen atoms in total. The van der Waals surface area contributed by atoms with Gasteiger partial charge in [0, 0.05) is 31.4 Å². The van der Waals surface area contributed by atoms with Crippen molar-refractivity contribution in [3.05, 3.63) is 77.9 Å². The molecule has 7 heteroatoms. The lowest BCUT2D eigenvalue weighted by Gasteiger charge is -2.38. The van der Waals surface area contributed by atoms with Crippen molar-refractivity contribution in [1.29, 1.82) is 0 Å². The van der Waals surface area contributed by atoms with Gasteiger partial charge >= 0.3 is 12.1 Å². The lowest BCUT2D eigenvalue weighted by atomic mass is 9.98. The van der Waals surface area contributed by atoms with Gasteiger partial charge in [-0.3, -0.25) is 4.79 Å². The van der Waals surface area contributed by atoms with Crippen molar-refractivity contribution in [1.82, 2.24) is 14.5 Å². The molecular formula is C23H21N3O4. The minimum absolute atomic E-state index is 0.0276. The Hall–Kier alpha value is -3.61. The van der Waals surface area contributed by atoms with Gasteiger partial charge in [0.25, 0.3) is 0 Å². The van der Waals surface area contributed by atoms with Gasteiger partial charge in [-0.2, -0.15) is 0 Å². The molecule has 1 amide bonds. The molecule has 1 aliphatic heterocycles. The zero-order chi connectivity index (χ0) is 20.7. The van der Waals surface area contributed by atoms with E-state index in [1.54, 1.807) is 21.9 Å². The van der Waals surface area contributed by atoms with Crippen LogP contribution in [0.3, 0.4) is 0 Å². The Morgan fingerprint density at radius 3 is 2.30 bits per heavy atom. The number of imidazole rings is 1. The van der Waals surface area contributed by atoms with E-state index in [9.17, 15) is 9.59 Å². The van der Waals surface area contributed by atoms with Crippen LogP contribution in [0.4, 0.5) is 4.79 Å². The first-order valence-corrected chi connectivity index (χ1v) is 9.94. The molecule has 1 N–H and O–H groups in total. The number of carboxylic acids is 1. The van der Waals surface area contributed by atoms with Crippen LogP contribution in [0.15, 0.2) is 60.9 Å². The van der Waals surface area contributed by atoms with Gasteiger partial charge in [-0.25, -0.2) is 9.78 Å². The molecule has 1 saturated heterocycles. The summed E-state index contributed by atoms with van der Waals surface area (Å²) >= 11 is 0. The Kier molecular flexibility index (Phi) is 4.50. The second-order valence-corrected chi connectivity index (χ2v) is 7.71. The Bertz CT molecular complexity index is 1070. The van der Waals surface area contributed by atoms with E-state index in [1.165, 1.54) is 22.3 Å². The molecule has 0 atom stereocenters. The van der Waals surface area contributed by atoms with Gasteiger partial charge in [-0.05, 0) is 22.3 Å². The first-order chi connectivity index (χ1) is 14.6. The number of ether oxygens (including phenoxy) is 1. The van der Waals surface area contributed by atoms with E-state index in [1.807, 2.05) is 24.3 Å². The molecule has 2 aromatic carbocycles. The summed E-state index contributed by atoms with van der Waals surface area (Å²) < 4.78 is 7.28. The molecule has 5 rings (SSSR count). The fourth-order valence-corrected chi connectivity index (χ4v) is 4.44. The maximum atomic E-state index is 12.6. The maximum absolute atomic E-state index is 12.6. The zero-order valence-corrected chi connectivity index (χ0v) is 16.3. The summed E-state index contributed by atoms with van der Waals surface area (Å²) in [6.45, 7) is 1.12. The molecule has 30 heavy (non-hydrogen) atoms. The largest absolute Gasteiger partial charge is 0.480 e. The van der Waals surface area contributed by atoms with Crippen LogP contribution in [-0.4, -0.2) is 51.3 Å². The van der Waals surface area contributed by atoms with Crippen LogP contribution < -0.4 is 0 Å². The van der Waals surface area contributed by atoms with Crippen molar-refractivity contribution < 1.29 is 19.4 Å². The van der Waals surface area contributed by atoms with Crippen molar-refractivity contribution in [3.63, 3.8) is 0 Å². The number of amides is 1. The Balaban J connectivity index is 1.22. The summed E-state index contributed by atoms with van der Waals surface area (Å²) in [5.41, 5.74) is 4.76. The molecular weight excluding hydrogens is 382 g/mol. The van der Waals surface area contributed by atoms with Gasteiger partial charge in [-0.1, -0.05) is 48.5 Å². The number of benzene rings is 2. The Labute approximate surface area is 173 Å². The number of fused-ring (bicyclic) bond motifs is 3. The van der Waals surface area contributed by atoms with Crippen LogP contribution in [0.1, 0.15) is 28.8 Å². The lowest BCUT2D eigenvalue weighted by molar-refractivity contribution is -0.137. The number of carbonyl (C=O) groups is 2. The van der Waals surface area contributed by atoms with Gasteiger partial charge in [-0.15, -0.1) is 0 Å². The number of aromatic nitrogens is 2. The van der Waals surface area contributed by atoms with Crippen molar-refractivity contribution >= 4 is 12.1 Å². The van der Waals surface area contributed by atoms with Gasteiger partial charge in [0.15, 0.2) is 0 Å². The fourth-order valence-electron chi connectivity index (χ4n) is 4.44. The van der Waals surface area contributed by atoms with E-state index in [0.29, 0.717) is 25.5 Å². The average Bonchev–Trinajstić information content (AvgIpc) is 3.27. The molecule has 2 heterocycles. The summed E-state index contributed by atoms with van der Waals surface area (Å²) in [5, 5.41) is 9.00. The minimum Gasteiger partial charge on any atom is -0.480 e. The summed E-state index contributed by atoms with van der Waals surface area (Å²) in [4.78, 5) is 29.4. The number of nitrogens with zero attached hydrogens (tertiary/aromatic N) is 3. The van der Waals surface area contributed by atoms with Crippen molar-refractivity contribution in [2.45, 2.75) is 18.4 Å². The lowest BCUT2D eigenvalue weighted by Crippen LogP contribution is -2.49. The number of carboxylic acid groups (broad SMARTS) is 1. The van der Waals surface area contributed by atoms with E-state index < -0.39 is 5.97 Å². The predicted molar refractivity (Wildman–Crippen MR) is 109 cm³/mol. The number of likely N-dealkylation sites (tertiary alicyclic amines) is 1. The van der Waals surface area contributed by atoms with Crippen LogP contribution in [0.25, 0.3) is 11.1 Å². The molecule has 2 aliphatic rings. The predicted octanol–water partition coefficient (Wildman–Crippen LogP) is 3.32. The van der Waals surface area contributed by atoms with Crippen LogP contribution in [0, 0.1) is 0 Å². The van der Waals surface area contributed by atoms with Crippen molar-refractivity contribution in [2.75, 3.05) is 19.7 Å². The molecule has 1 aliphatic carbocycles. The topological polar surface area (TPSA) is 84.7 Å². The molecule has 0 radical (unpaired) electrons. The minimum atomic E-state index is -0.915. The summed E-state index contributed by atoms with van der Waals surface area (Å²) in [5.74, 6) is -0.158. The van der Waals surface area contributed by atoms with E-state index in [4.69, 9.17) is 9.84 Å². The zero-order valence-electron chi connectivity index (χ0n) is 16.3. The molecule has 0 unspecified atom stereocenters. The average molecular weight is 403 g/mol. The summed E-state index contributed by atoms with van der Waals surface area (Å²) in [6.07, 6.45) is 2.90. The van der Waals surface area contributed by atoms with Crippen LogP contribution >= 0.6 is 0 Å². The van der Waals surface area contributed by atoms with E-state index in [2.05, 4.69) is 29.2 Å². The highest BCUT2D eigenvalue weighted by atomic mass is 16.6. The van der Waals surface area contributed by atoms with E-state index >= 15 is 0 Å². The molecule has 0 saturated carbocycles. The molecule has 1 aromatic heterocycles. The standard InChI is InChI=1S/C23H21N3O4/c27-21(28)13-25-10-9-24-22(25)15-11-26(12-15)23(29)30-14-20-18-7-3-1-5-16(18)17-6-2-4-8-19(17)20/h1-10,15,20H,11-14H2,(H,27,28). The normalized spacial score (nSPS) is 15.4. The van der Waals surface area contributed by atoms with E-state index in [-0.39, 0.29) is 24.5 Å². The SMILES string of the molecule is O=C(O)Cn1ccnc1C1CN(C(=O)OCC2c3ccccc3-c3ccccc32)C1. The fraction of sp³-hybridized carbons (Fsp3) is 0.261. The highest BCUT2D eigenvalue weighted by molar-refractivity contribution is 5.79. The first kappa shape index (κ1) is 18.4. The second-order valence-electron chi connectivity index (χ2n) is 7.71. The number of aliphatic carboxylic acids is 1. The molecule has 0 bridgehead atoms.